The average molecular weight is 446 g/mol. The van der Waals surface area contributed by atoms with Gasteiger partial charge in [0.05, 0.1) is 6.54 Å². The Morgan fingerprint density at radius 2 is 1.97 bits per heavy atom. The maximum absolute atomic E-state index is 13.4. The third-order valence-corrected chi connectivity index (χ3v) is 6.03. The Kier molecular flexibility index (Phi) is 5.47. The Bertz CT molecular complexity index is 1120. The number of hydrogen-bond acceptors (Lipinski definition) is 4. The maximum Gasteiger partial charge on any atom is 0.435 e. The average Bonchev–Trinajstić information content (AvgIpc) is 3.35. The molecule has 2 aliphatic rings. The molecule has 0 radical (unpaired) electrons. The van der Waals surface area contributed by atoms with E-state index in [0.29, 0.717) is 43.9 Å². The summed E-state index contributed by atoms with van der Waals surface area (Å²) in [7, 11) is 3.28. The van der Waals surface area contributed by atoms with E-state index in [2.05, 4.69) is 10.4 Å². The fraction of sp³-hybridized carbons (Fsp3) is 0.409. The maximum atomic E-state index is 13.4. The molecule has 0 aliphatic carbocycles. The predicted molar refractivity (Wildman–Crippen MR) is 115 cm³/mol. The van der Waals surface area contributed by atoms with Crippen LogP contribution in [0.2, 0.25) is 0 Å². The number of alkyl halides is 3. The molecule has 1 aromatic heterocycles. The lowest BCUT2D eigenvalue weighted by Gasteiger charge is -2.33. The molecule has 0 fully saturated rings. The minimum absolute atomic E-state index is 0.0335. The number of amidine groups is 1. The van der Waals surface area contributed by atoms with Crippen LogP contribution >= 0.6 is 0 Å². The lowest BCUT2D eigenvalue weighted by atomic mass is 10.0. The molecule has 2 N–H and O–H groups in total. The van der Waals surface area contributed by atoms with Crippen LogP contribution in [0.5, 0.6) is 0 Å². The third-order valence-electron chi connectivity index (χ3n) is 6.03. The van der Waals surface area contributed by atoms with Gasteiger partial charge in [0.25, 0.3) is 0 Å². The van der Waals surface area contributed by atoms with Crippen LogP contribution in [0.25, 0.3) is 11.1 Å². The molecular weight excluding hydrogens is 421 g/mol. The SMILES string of the molecule is CNC1=C(C(=N)N2CCc3cc(-c4cn(C)nc4C(F)(F)F)ccc32)CN(C(C)=O)CC1. The summed E-state index contributed by atoms with van der Waals surface area (Å²) in [5.74, 6) is 0.276. The van der Waals surface area contributed by atoms with Gasteiger partial charge in [0, 0.05) is 69.2 Å². The van der Waals surface area contributed by atoms with E-state index in [-0.39, 0.29) is 11.5 Å². The number of anilines is 1. The fourth-order valence-electron chi connectivity index (χ4n) is 4.40. The van der Waals surface area contributed by atoms with E-state index < -0.39 is 11.9 Å². The summed E-state index contributed by atoms with van der Waals surface area (Å²) >= 11 is 0. The summed E-state index contributed by atoms with van der Waals surface area (Å²) in [4.78, 5) is 15.4. The van der Waals surface area contributed by atoms with Crippen LogP contribution in [-0.4, -0.2) is 53.1 Å². The number of carbonyl (C=O) groups is 1. The normalized spacial score (nSPS) is 16.4. The highest BCUT2D eigenvalue weighted by atomic mass is 19.4. The zero-order valence-electron chi connectivity index (χ0n) is 18.2. The molecule has 7 nitrogen and oxygen atoms in total. The lowest BCUT2D eigenvalue weighted by molar-refractivity contribution is -0.141. The number of carbonyl (C=O) groups excluding carboxylic acids is 1. The molecular formula is C22H25F3N6O. The van der Waals surface area contributed by atoms with Crippen molar-refractivity contribution in [2.24, 2.45) is 7.05 Å². The van der Waals surface area contributed by atoms with Crippen molar-refractivity contribution in [2.75, 3.05) is 31.6 Å². The van der Waals surface area contributed by atoms with Gasteiger partial charge in [0.1, 0.15) is 5.84 Å². The van der Waals surface area contributed by atoms with Gasteiger partial charge in [-0.3, -0.25) is 14.9 Å². The first-order valence-electron chi connectivity index (χ1n) is 10.4. The largest absolute Gasteiger partial charge is 0.435 e. The first-order valence-corrected chi connectivity index (χ1v) is 10.4. The van der Waals surface area contributed by atoms with Crippen LogP contribution in [0, 0.1) is 5.41 Å². The number of amides is 1. The van der Waals surface area contributed by atoms with Gasteiger partial charge >= 0.3 is 6.18 Å². The molecule has 4 rings (SSSR count). The molecule has 2 aliphatic heterocycles. The van der Waals surface area contributed by atoms with Crippen LogP contribution < -0.4 is 10.2 Å². The van der Waals surface area contributed by atoms with E-state index in [4.69, 9.17) is 5.41 Å². The molecule has 32 heavy (non-hydrogen) atoms. The number of halogens is 3. The monoisotopic (exact) mass is 446 g/mol. The van der Waals surface area contributed by atoms with Gasteiger partial charge in [0.2, 0.25) is 5.91 Å². The predicted octanol–water partition coefficient (Wildman–Crippen LogP) is 3.17. The van der Waals surface area contributed by atoms with Crippen molar-refractivity contribution in [3.05, 3.63) is 46.9 Å². The number of benzene rings is 1. The van der Waals surface area contributed by atoms with Crippen molar-refractivity contribution in [3.63, 3.8) is 0 Å². The summed E-state index contributed by atoms with van der Waals surface area (Å²) in [6, 6.07) is 5.17. The molecule has 0 atom stereocenters. The summed E-state index contributed by atoms with van der Waals surface area (Å²) < 4.78 is 41.4. The van der Waals surface area contributed by atoms with Crippen molar-refractivity contribution >= 4 is 17.4 Å². The van der Waals surface area contributed by atoms with Gasteiger partial charge < -0.3 is 15.1 Å². The standard InChI is InChI=1S/C22H25F3N6O/c1-13(32)30-8-7-18(27-2)17(12-30)21(26)31-9-6-15-10-14(4-5-19(15)31)16-11-29(3)28-20(16)22(23,24)25/h4-5,10-11,26-27H,6-9,12H2,1-3H3. The fourth-order valence-corrected chi connectivity index (χ4v) is 4.40. The van der Waals surface area contributed by atoms with Crippen LogP contribution in [0.4, 0.5) is 18.9 Å². The van der Waals surface area contributed by atoms with Crippen LogP contribution in [0.15, 0.2) is 35.7 Å². The number of nitrogens with zero attached hydrogens (tertiary/aromatic N) is 4. The molecule has 1 amide bonds. The Morgan fingerprint density at radius 3 is 2.62 bits per heavy atom. The van der Waals surface area contributed by atoms with E-state index in [9.17, 15) is 18.0 Å². The smallest absolute Gasteiger partial charge is 0.391 e. The number of nitrogens with one attached hydrogen (secondary N) is 2. The van der Waals surface area contributed by atoms with E-state index in [1.165, 1.54) is 24.9 Å². The van der Waals surface area contributed by atoms with Gasteiger partial charge in [0.15, 0.2) is 5.69 Å². The second-order valence-electron chi connectivity index (χ2n) is 8.05. The Labute approximate surface area is 184 Å². The second-order valence-corrected chi connectivity index (χ2v) is 8.05. The number of fused-ring (bicyclic) bond motifs is 1. The Hall–Kier alpha value is -3.30. The minimum atomic E-state index is -4.54. The molecule has 1 aromatic carbocycles. The first kappa shape index (κ1) is 21.9. The second kappa shape index (κ2) is 7.99. The first-order chi connectivity index (χ1) is 15.1. The van der Waals surface area contributed by atoms with E-state index >= 15 is 0 Å². The van der Waals surface area contributed by atoms with Crippen molar-refractivity contribution in [1.29, 1.82) is 5.41 Å². The molecule has 0 saturated heterocycles. The molecule has 0 bridgehead atoms. The molecule has 2 aromatic rings. The van der Waals surface area contributed by atoms with Crippen molar-refractivity contribution in [3.8, 4) is 11.1 Å². The molecule has 0 saturated carbocycles. The summed E-state index contributed by atoms with van der Waals surface area (Å²) in [6.07, 6.45) is -1.90. The number of rotatable bonds is 3. The molecule has 0 unspecified atom stereocenters. The molecule has 0 spiro atoms. The van der Waals surface area contributed by atoms with E-state index in [1.54, 1.807) is 23.1 Å². The van der Waals surface area contributed by atoms with Crippen LogP contribution in [0.3, 0.4) is 0 Å². The summed E-state index contributed by atoms with van der Waals surface area (Å²) in [6.45, 7) is 3.04. The number of hydrogen-bond donors (Lipinski definition) is 2. The summed E-state index contributed by atoms with van der Waals surface area (Å²) in [5.41, 5.74) is 2.97. The molecule has 10 heteroatoms. The topological polar surface area (TPSA) is 77.2 Å². The van der Waals surface area contributed by atoms with Gasteiger partial charge in [-0.05, 0) is 29.7 Å². The number of aryl methyl sites for hydroxylation is 1. The Morgan fingerprint density at radius 1 is 1.22 bits per heavy atom. The van der Waals surface area contributed by atoms with Crippen LogP contribution in [0.1, 0.15) is 24.6 Å². The van der Waals surface area contributed by atoms with Crippen molar-refractivity contribution < 1.29 is 18.0 Å². The number of aromatic nitrogens is 2. The summed E-state index contributed by atoms with van der Waals surface area (Å²) in [5, 5.41) is 15.6. The minimum Gasteiger partial charge on any atom is -0.391 e. The Balaban J connectivity index is 1.66. The highest BCUT2D eigenvalue weighted by Gasteiger charge is 2.38. The van der Waals surface area contributed by atoms with Gasteiger partial charge in [-0.15, -0.1) is 0 Å². The third kappa shape index (κ3) is 3.85. The van der Waals surface area contributed by atoms with Gasteiger partial charge in [-0.2, -0.15) is 18.3 Å². The lowest BCUT2D eigenvalue weighted by Crippen LogP contribution is -2.43. The molecule has 3 heterocycles. The van der Waals surface area contributed by atoms with Gasteiger partial charge in [-0.1, -0.05) is 6.07 Å². The van der Waals surface area contributed by atoms with Crippen molar-refractivity contribution in [2.45, 2.75) is 25.9 Å². The van der Waals surface area contributed by atoms with Crippen molar-refractivity contribution in [1.82, 2.24) is 20.0 Å². The zero-order valence-corrected chi connectivity index (χ0v) is 18.2. The molecule has 170 valence electrons. The quantitative estimate of drug-likeness (QED) is 0.561. The zero-order chi connectivity index (χ0) is 23.2. The van der Waals surface area contributed by atoms with Gasteiger partial charge in [-0.25, -0.2) is 0 Å². The van der Waals surface area contributed by atoms with E-state index in [1.807, 2.05) is 11.9 Å². The van der Waals surface area contributed by atoms with Crippen LogP contribution in [-0.2, 0) is 24.4 Å². The highest BCUT2D eigenvalue weighted by Crippen LogP contribution is 2.39. The van der Waals surface area contributed by atoms with E-state index in [0.717, 1.165) is 22.5 Å². The highest BCUT2D eigenvalue weighted by molar-refractivity contribution is 6.10.